The predicted molar refractivity (Wildman–Crippen MR) is 124 cm³/mol. The average molecular weight is 441 g/mol. The Bertz CT molecular complexity index is 1040. The van der Waals surface area contributed by atoms with E-state index in [4.69, 9.17) is 23.2 Å². The largest absolute Gasteiger partial charge is 0.391 e. The van der Waals surface area contributed by atoms with Gasteiger partial charge in [0.05, 0.1) is 22.5 Å². The Hall–Kier alpha value is -1.78. The molecule has 2 heterocycles. The summed E-state index contributed by atoms with van der Waals surface area (Å²) < 4.78 is 2.32. The first kappa shape index (κ1) is 20.1. The third-order valence-corrected chi connectivity index (χ3v) is 7.17. The highest BCUT2D eigenvalue weighted by Gasteiger charge is 2.33. The number of benzene rings is 2. The lowest BCUT2D eigenvalue weighted by atomic mass is 9.90. The normalized spacial score (nSPS) is 22.1. The van der Waals surface area contributed by atoms with E-state index in [2.05, 4.69) is 33.7 Å². The minimum Gasteiger partial charge on any atom is -0.391 e. The number of aromatic nitrogens is 1. The topological polar surface area (TPSA) is 28.4 Å². The minimum atomic E-state index is -0.207. The number of rotatable bonds is 3. The molecule has 2 atom stereocenters. The molecule has 0 saturated heterocycles. The highest BCUT2D eigenvalue weighted by Crippen LogP contribution is 2.37. The van der Waals surface area contributed by atoms with E-state index in [1.807, 2.05) is 30.3 Å². The van der Waals surface area contributed by atoms with Gasteiger partial charge in [-0.3, -0.25) is 4.90 Å². The first-order chi connectivity index (χ1) is 14.6. The molecular weight excluding hydrogens is 415 g/mol. The highest BCUT2D eigenvalue weighted by atomic mass is 35.5. The zero-order valence-corrected chi connectivity index (χ0v) is 18.4. The molecule has 3 nitrogen and oxygen atoms in total. The van der Waals surface area contributed by atoms with Crippen LogP contribution in [0.25, 0.3) is 16.9 Å². The summed E-state index contributed by atoms with van der Waals surface area (Å²) in [6.07, 6.45) is 5.09. The molecule has 5 heteroatoms. The molecule has 1 saturated carbocycles. The Kier molecular flexibility index (Phi) is 5.63. The summed E-state index contributed by atoms with van der Waals surface area (Å²) in [5, 5.41) is 12.1. The number of aliphatic hydroxyl groups is 1. The van der Waals surface area contributed by atoms with E-state index >= 15 is 0 Å². The zero-order chi connectivity index (χ0) is 20.7. The predicted octanol–water partition coefficient (Wildman–Crippen LogP) is 6.11. The molecule has 0 bridgehead atoms. The lowest BCUT2D eigenvalue weighted by Crippen LogP contribution is -2.47. The second kappa shape index (κ2) is 8.39. The van der Waals surface area contributed by atoms with Crippen molar-refractivity contribution in [2.24, 2.45) is 0 Å². The van der Waals surface area contributed by atoms with E-state index in [9.17, 15) is 5.11 Å². The Balaban J connectivity index is 1.59. The molecule has 1 aliphatic carbocycles. The van der Waals surface area contributed by atoms with Crippen molar-refractivity contribution in [2.75, 3.05) is 6.54 Å². The highest BCUT2D eigenvalue weighted by molar-refractivity contribution is 6.32. The molecule has 0 radical (unpaired) electrons. The van der Waals surface area contributed by atoms with Crippen molar-refractivity contribution in [3.63, 3.8) is 0 Å². The number of hydrogen-bond donors (Lipinski definition) is 1. The number of fused-ring (bicyclic) bond motifs is 1. The van der Waals surface area contributed by atoms with Crippen LogP contribution in [0.15, 0.2) is 54.6 Å². The summed E-state index contributed by atoms with van der Waals surface area (Å²) >= 11 is 12.8. The molecule has 0 spiro atoms. The van der Waals surface area contributed by atoms with Crippen LogP contribution in [-0.2, 0) is 13.0 Å². The van der Waals surface area contributed by atoms with Crippen molar-refractivity contribution in [3.05, 3.63) is 75.9 Å². The Morgan fingerprint density at radius 1 is 0.933 bits per heavy atom. The third kappa shape index (κ3) is 3.69. The molecule has 2 unspecified atom stereocenters. The SMILES string of the molecule is OC1CCCCC1N1CCc2c(cc(-c3ccc(Cl)cc3)n2-c2ccccc2Cl)C1. The lowest BCUT2D eigenvalue weighted by Gasteiger charge is -2.39. The van der Waals surface area contributed by atoms with Gasteiger partial charge in [-0.2, -0.15) is 0 Å². The van der Waals surface area contributed by atoms with E-state index < -0.39 is 0 Å². The summed E-state index contributed by atoms with van der Waals surface area (Å²) in [7, 11) is 0. The van der Waals surface area contributed by atoms with Gasteiger partial charge in [-0.25, -0.2) is 0 Å². The second-order valence-electron chi connectivity index (χ2n) is 8.43. The Labute approximate surface area is 187 Å². The first-order valence-electron chi connectivity index (χ1n) is 10.8. The molecule has 2 aromatic carbocycles. The molecule has 0 amide bonds. The summed E-state index contributed by atoms with van der Waals surface area (Å²) in [6.45, 7) is 1.83. The van der Waals surface area contributed by atoms with Gasteiger partial charge in [0.1, 0.15) is 0 Å². The van der Waals surface area contributed by atoms with Gasteiger partial charge in [0.2, 0.25) is 0 Å². The Morgan fingerprint density at radius 2 is 1.70 bits per heavy atom. The fourth-order valence-electron chi connectivity index (χ4n) is 5.10. The molecule has 1 N–H and O–H groups in total. The zero-order valence-electron chi connectivity index (χ0n) is 16.9. The summed E-state index contributed by atoms with van der Waals surface area (Å²) in [6, 6.07) is 18.6. The van der Waals surface area contributed by atoms with E-state index in [1.165, 1.54) is 17.7 Å². The molecule has 30 heavy (non-hydrogen) atoms. The maximum Gasteiger partial charge on any atom is 0.0695 e. The van der Waals surface area contributed by atoms with Crippen LogP contribution >= 0.6 is 23.2 Å². The van der Waals surface area contributed by atoms with Gasteiger partial charge >= 0.3 is 0 Å². The van der Waals surface area contributed by atoms with E-state index in [1.54, 1.807) is 0 Å². The first-order valence-corrected chi connectivity index (χ1v) is 11.5. The summed E-state index contributed by atoms with van der Waals surface area (Å²) in [5.74, 6) is 0. The standard InChI is InChI=1S/C25H26Cl2N2O/c26-19-11-9-17(10-12-19)24-15-18-16-28(23-7-3-4-8-25(23)30)14-13-21(18)29(24)22-6-2-1-5-20(22)27/h1-2,5-6,9-12,15,23,25,30H,3-4,7-8,13-14,16H2. The molecule has 156 valence electrons. The number of nitrogens with zero attached hydrogens (tertiary/aromatic N) is 2. The summed E-state index contributed by atoms with van der Waals surface area (Å²) in [5.41, 5.74) is 5.91. The van der Waals surface area contributed by atoms with Crippen molar-refractivity contribution < 1.29 is 5.11 Å². The minimum absolute atomic E-state index is 0.207. The van der Waals surface area contributed by atoms with E-state index in [0.29, 0.717) is 0 Å². The molecule has 5 rings (SSSR count). The van der Waals surface area contributed by atoms with Gasteiger partial charge in [0.25, 0.3) is 0 Å². The van der Waals surface area contributed by atoms with Gasteiger partial charge in [0.15, 0.2) is 0 Å². The van der Waals surface area contributed by atoms with Gasteiger partial charge in [0, 0.05) is 36.3 Å². The molecule has 2 aliphatic rings. The van der Waals surface area contributed by atoms with Crippen molar-refractivity contribution in [2.45, 2.75) is 50.8 Å². The van der Waals surface area contributed by atoms with Crippen LogP contribution in [0.1, 0.15) is 36.9 Å². The lowest BCUT2D eigenvalue weighted by molar-refractivity contribution is 0.0130. The van der Waals surface area contributed by atoms with Crippen molar-refractivity contribution in [1.82, 2.24) is 9.47 Å². The van der Waals surface area contributed by atoms with Crippen LogP contribution < -0.4 is 0 Å². The maximum atomic E-state index is 10.6. The van der Waals surface area contributed by atoms with Crippen LogP contribution in [0.3, 0.4) is 0 Å². The number of halogens is 2. The third-order valence-electron chi connectivity index (χ3n) is 6.60. The van der Waals surface area contributed by atoms with E-state index in [0.717, 1.165) is 65.8 Å². The van der Waals surface area contributed by atoms with Crippen molar-refractivity contribution >= 4 is 23.2 Å². The number of hydrogen-bond acceptors (Lipinski definition) is 2. The van der Waals surface area contributed by atoms with Crippen LogP contribution in [0, 0.1) is 0 Å². The fraction of sp³-hybridized carbons (Fsp3) is 0.360. The molecule has 1 aliphatic heterocycles. The molecule has 1 aromatic heterocycles. The van der Waals surface area contributed by atoms with Crippen molar-refractivity contribution in [1.29, 1.82) is 0 Å². The van der Waals surface area contributed by atoms with Gasteiger partial charge < -0.3 is 9.67 Å². The van der Waals surface area contributed by atoms with Crippen LogP contribution in [0.2, 0.25) is 10.0 Å². The van der Waals surface area contributed by atoms with Crippen LogP contribution in [0.4, 0.5) is 0 Å². The van der Waals surface area contributed by atoms with Gasteiger partial charge in [-0.05, 0) is 54.3 Å². The van der Waals surface area contributed by atoms with E-state index in [-0.39, 0.29) is 12.1 Å². The average Bonchev–Trinajstić information content (AvgIpc) is 3.13. The molecule has 1 fully saturated rings. The number of aliphatic hydroxyl groups excluding tert-OH is 1. The smallest absolute Gasteiger partial charge is 0.0695 e. The van der Waals surface area contributed by atoms with Gasteiger partial charge in [-0.1, -0.05) is 60.3 Å². The maximum absolute atomic E-state index is 10.6. The number of para-hydroxylation sites is 1. The van der Waals surface area contributed by atoms with Gasteiger partial charge in [-0.15, -0.1) is 0 Å². The fourth-order valence-corrected chi connectivity index (χ4v) is 5.45. The Morgan fingerprint density at radius 3 is 2.47 bits per heavy atom. The quantitative estimate of drug-likeness (QED) is 0.531. The summed E-state index contributed by atoms with van der Waals surface area (Å²) in [4.78, 5) is 2.48. The second-order valence-corrected chi connectivity index (χ2v) is 9.28. The van der Waals surface area contributed by atoms with Crippen molar-refractivity contribution in [3.8, 4) is 16.9 Å². The van der Waals surface area contributed by atoms with Crippen LogP contribution in [0.5, 0.6) is 0 Å². The van der Waals surface area contributed by atoms with Crippen LogP contribution in [-0.4, -0.2) is 33.3 Å². The molecular formula is C25H26Cl2N2O. The molecule has 3 aromatic rings. The monoisotopic (exact) mass is 440 g/mol.